The SMILES string of the molecule is Cc1n[nH]c(C)c1NC(=O)CCc1cccc(Br)c1. The summed E-state index contributed by atoms with van der Waals surface area (Å²) in [5, 5.41) is 9.80. The standard InChI is InChI=1S/C14H16BrN3O/c1-9-14(10(2)18-17-9)16-13(19)7-6-11-4-3-5-12(15)8-11/h3-5,8H,6-7H2,1-2H3,(H,16,19)(H,17,18). The molecule has 0 spiro atoms. The smallest absolute Gasteiger partial charge is 0.224 e. The van der Waals surface area contributed by atoms with Crippen LogP contribution >= 0.6 is 15.9 Å². The van der Waals surface area contributed by atoms with Crippen molar-refractivity contribution >= 4 is 27.5 Å². The van der Waals surface area contributed by atoms with E-state index in [1.165, 1.54) is 0 Å². The van der Waals surface area contributed by atoms with Crippen LogP contribution in [0.2, 0.25) is 0 Å². The molecule has 4 nitrogen and oxygen atoms in total. The summed E-state index contributed by atoms with van der Waals surface area (Å²) in [5.74, 6) is 0.00701. The lowest BCUT2D eigenvalue weighted by Crippen LogP contribution is -2.13. The molecule has 0 saturated heterocycles. The van der Waals surface area contributed by atoms with Crippen molar-refractivity contribution in [1.29, 1.82) is 0 Å². The maximum Gasteiger partial charge on any atom is 0.224 e. The Morgan fingerprint density at radius 3 is 2.84 bits per heavy atom. The number of aryl methyl sites for hydroxylation is 3. The van der Waals surface area contributed by atoms with E-state index in [4.69, 9.17) is 0 Å². The number of hydrogen-bond acceptors (Lipinski definition) is 2. The van der Waals surface area contributed by atoms with Crippen molar-refractivity contribution in [3.05, 3.63) is 45.7 Å². The molecule has 1 heterocycles. The van der Waals surface area contributed by atoms with E-state index >= 15 is 0 Å². The first-order valence-electron chi connectivity index (χ1n) is 6.12. The van der Waals surface area contributed by atoms with Gasteiger partial charge in [0.2, 0.25) is 5.91 Å². The highest BCUT2D eigenvalue weighted by atomic mass is 79.9. The highest BCUT2D eigenvalue weighted by molar-refractivity contribution is 9.10. The van der Waals surface area contributed by atoms with Crippen LogP contribution in [0, 0.1) is 13.8 Å². The molecule has 0 aliphatic rings. The van der Waals surface area contributed by atoms with Gasteiger partial charge in [-0.1, -0.05) is 28.1 Å². The van der Waals surface area contributed by atoms with Crippen molar-refractivity contribution in [2.24, 2.45) is 0 Å². The summed E-state index contributed by atoms with van der Waals surface area (Å²) < 4.78 is 1.03. The summed E-state index contributed by atoms with van der Waals surface area (Å²) >= 11 is 3.42. The summed E-state index contributed by atoms with van der Waals surface area (Å²) in [4.78, 5) is 11.9. The fraction of sp³-hybridized carbons (Fsp3) is 0.286. The van der Waals surface area contributed by atoms with Crippen LogP contribution in [-0.4, -0.2) is 16.1 Å². The molecule has 5 heteroatoms. The Hall–Kier alpha value is -1.62. The quantitative estimate of drug-likeness (QED) is 0.907. The molecule has 0 bridgehead atoms. The minimum Gasteiger partial charge on any atom is -0.323 e. The molecule has 0 unspecified atom stereocenters. The second-order valence-electron chi connectivity index (χ2n) is 4.49. The second-order valence-corrected chi connectivity index (χ2v) is 5.40. The Bertz CT molecular complexity index is 573. The van der Waals surface area contributed by atoms with Crippen molar-refractivity contribution in [1.82, 2.24) is 10.2 Å². The zero-order valence-electron chi connectivity index (χ0n) is 11.0. The van der Waals surface area contributed by atoms with Crippen LogP contribution in [0.3, 0.4) is 0 Å². The van der Waals surface area contributed by atoms with Crippen molar-refractivity contribution in [2.45, 2.75) is 26.7 Å². The van der Waals surface area contributed by atoms with Gasteiger partial charge in [0, 0.05) is 10.9 Å². The van der Waals surface area contributed by atoms with Gasteiger partial charge in [-0.25, -0.2) is 0 Å². The average molecular weight is 322 g/mol. The molecule has 0 atom stereocenters. The Morgan fingerprint density at radius 1 is 1.42 bits per heavy atom. The highest BCUT2D eigenvalue weighted by Crippen LogP contribution is 2.17. The molecule has 19 heavy (non-hydrogen) atoms. The number of rotatable bonds is 4. The van der Waals surface area contributed by atoms with E-state index in [0.29, 0.717) is 6.42 Å². The van der Waals surface area contributed by atoms with Gasteiger partial charge in [-0.3, -0.25) is 9.89 Å². The topological polar surface area (TPSA) is 57.8 Å². The third kappa shape index (κ3) is 3.67. The fourth-order valence-electron chi connectivity index (χ4n) is 1.89. The van der Waals surface area contributed by atoms with Gasteiger partial charge < -0.3 is 5.32 Å². The first kappa shape index (κ1) is 13.8. The number of hydrogen-bond donors (Lipinski definition) is 2. The molecule has 1 amide bonds. The first-order valence-corrected chi connectivity index (χ1v) is 6.91. The molecule has 2 aromatic rings. The molecule has 1 aromatic carbocycles. The van der Waals surface area contributed by atoms with Gasteiger partial charge in [0.25, 0.3) is 0 Å². The number of halogens is 1. The molecule has 100 valence electrons. The van der Waals surface area contributed by atoms with Crippen LogP contribution < -0.4 is 5.32 Å². The number of nitrogens with one attached hydrogen (secondary N) is 2. The molecular weight excluding hydrogens is 306 g/mol. The van der Waals surface area contributed by atoms with Crippen molar-refractivity contribution in [2.75, 3.05) is 5.32 Å². The lowest BCUT2D eigenvalue weighted by molar-refractivity contribution is -0.116. The largest absolute Gasteiger partial charge is 0.323 e. The van der Waals surface area contributed by atoms with E-state index in [9.17, 15) is 4.79 Å². The lowest BCUT2D eigenvalue weighted by Gasteiger charge is -2.05. The van der Waals surface area contributed by atoms with E-state index in [2.05, 4.69) is 31.4 Å². The second kappa shape index (κ2) is 6.02. The molecule has 0 aliphatic heterocycles. The van der Waals surface area contributed by atoms with Crippen molar-refractivity contribution < 1.29 is 4.79 Å². The molecule has 2 N–H and O–H groups in total. The first-order chi connectivity index (χ1) is 9.06. The molecule has 2 rings (SSSR count). The molecule has 0 radical (unpaired) electrons. The Morgan fingerprint density at radius 2 is 2.21 bits per heavy atom. The van der Waals surface area contributed by atoms with Gasteiger partial charge in [0.05, 0.1) is 17.1 Å². The number of benzene rings is 1. The van der Waals surface area contributed by atoms with E-state index in [1.54, 1.807) is 0 Å². The molecule has 0 saturated carbocycles. The highest BCUT2D eigenvalue weighted by Gasteiger charge is 2.10. The van der Waals surface area contributed by atoms with Crippen molar-refractivity contribution in [3.63, 3.8) is 0 Å². The van der Waals surface area contributed by atoms with Gasteiger partial charge >= 0.3 is 0 Å². The van der Waals surface area contributed by atoms with Crippen LogP contribution in [0.25, 0.3) is 0 Å². The number of amides is 1. The average Bonchev–Trinajstić information content (AvgIpc) is 2.68. The predicted molar refractivity (Wildman–Crippen MR) is 79.2 cm³/mol. The van der Waals surface area contributed by atoms with Gasteiger partial charge in [-0.2, -0.15) is 5.10 Å². The fourth-order valence-corrected chi connectivity index (χ4v) is 2.33. The number of carbonyl (C=O) groups is 1. The Kier molecular flexibility index (Phi) is 4.37. The van der Waals surface area contributed by atoms with E-state index in [-0.39, 0.29) is 5.91 Å². The van der Waals surface area contributed by atoms with Crippen molar-refractivity contribution in [3.8, 4) is 0 Å². The summed E-state index contributed by atoms with van der Waals surface area (Å²) in [7, 11) is 0. The summed E-state index contributed by atoms with van der Waals surface area (Å²) in [6.07, 6.45) is 1.18. The van der Waals surface area contributed by atoms with Gasteiger partial charge in [0.15, 0.2) is 0 Å². The van der Waals surface area contributed by atoms with E-state index in [1.807, 2.05) is 38.1 Å². The Balaban J connectivity index is 1.92. The summed E-state index contributed by atoms with van der Waals surface area (Å²) in [6.45, 7) is 3.76. The minimum absolute atomic E-state index is 0.00701. The lowest BCUT2D eigenvalue weighted by atomic mass is 10.1. The minimum atomic E-state index is 0.00701. The van der Waals surface area contributed by atoms with Gasteiger partial charge in [-0.05, 0) is 38.0 Å². The number of carbonyl (C=O) groups excluding carboxylic acids is 1. The number of aromatic nitrogens is 2. The predicted octanol–water partition coefficient (Wildman–Crippen LogP) is 3.36. The number of H-pyrrole nitrogens is 1. The van der Waals surface area contributed by atoms with Gasteiger partial charge in [0.1, 0.15) is 0 Å². The van der Waals surface area contributed by atoms with Crippen LogP contribution in [0.5, 0.6) is 0 Å². The van der Waals surface area contributed by atoms with Crippen LogP contribution in [0.1, 0.15) is 23.4 Å². The number of nitrogens with zero attached hydrogens (tertiary/aromatic N) is 1. The molecule has 0 fully saturated rings. The van der Waals surface area contributed by atoms with Crippen LogP contribution in [0.4, 0.5) is 5.69 Å². The number of anilines is 1. The van der Waals surface area contributed by atoms with Gasteiger partial charge in [-0.15, -0.1) is 0 Å². The zero-order chi connectivity index (χ0) is 13.8. The summed E-state index contributed by atoms with van der Waals surface area (Å²) in [5.41, 5.74) is 3.63. The molecule has 1 aromatic heterocycles. The summed E-state index contributed by atoms with van der Waals surface area (Å²) in [6, 6.07) is 8.00. The van der Waals surface area contributed by atoms with E-state index < -0.39 is 0 Å². The molecule has 0 aliphatic carbocycles. The Labute approximate surface area is 120 Å². The zero-order valence-corrected chi connectivity index (χ0v) is 12.5. The molecular formula is C14H16BrN3O. The van der Waals surface area contributed by atoms with E-state index in [0.717, 1.165) is 33.5 Å². The third-order valence-electron chi connectivity index (χ3n) is 2.92. The third-order valence-corrected chi connectivity index (χ3v) is 3.42. The maximum absolute atomic E-state index is 11.9. The monoisotopic (exact) mass is 321 g/mol. The normalized spacial score (nSPS) is 10.5. The van der Waals surface area contributed by atoms with Crippen LogP contribution in [0.15, 0.2) is 28.7 Å². The van der Waals surface area contributed by atoms with Crippen LogP contribution in [-0.2, 0) is 11.2 Å². The number of aromatic amines is 1. The maximum atomic E-state index is 11.9.